The van der Waals surface area contributed by atoms with Gasteiger partial charge in [0.05, 0.1) is 5.56 Å². The molecule has 0 heterocycles. The van der Waals surface area contributed by atoms with Crippen molar-refractivity contribution < 1.29 is 4.79 Å². The van der Waals surface area contributed by atoms with Gasteiger partial charge < -0.3 is 5.32 Å². The van der Waals surface area contributed by atoms with Crippen molar-refractivity contribution in [2.24, 2.45) is 5.92 Å². The standard InChI is InChI=1S/C12H14Br2INO/c1-7(2)11(6-13)16-12(17)9-5-8(14)3-4-10(9)15/h3-5,7,11H,6H2,1-2H3,(H,16,17). The van der Waals surface area contributed by atoms with Crippen molar-refractivity contribution in [3.63, 3.8) is 0 Å². The van der Waals surface area contributed by atoms with Gasteiger partial charge in [0.15, 0.2) is 0 Å². The van der Waals surface area contributed by atoms with Gasteiger partial charge in [-0.25, -0.2) is 0 Å². The van der Waals surface area contributed by atoms with Gasteiger partial charge in [0, 0.05) is 19.4 Å². The molecule has 0 bridgehead atoms. The van der Waals surface area contributed by atoms with Crippen LogP contribution in [-0.2, 0) is 0 Å². The fourth-order valence-electron chi connectivity index (χ4n) is 1.30. The van der Waals surface area contributed by atoms with E-state index in [4.69, 9.17) is 0 Å². The Hall–Kier alpha value is 0.380. The number of alkyl halides is 1. The second-order valence-electron chi connectivity index (χ2n) is 4.10. The first-order valence-corrected chi connectivity index (χ1v) is 8.27. The Labute approximate surface area is 132 Å². The predicted octanol–water partition coefficient (Wildman–Crippen LogP) is 4.20. The molecule has 1 rings (SSSR count). The topological polar surface area (TPSA) is 29.1 Å². The van der Waals surface area contributed by atoms with Gasteiger partial charge in [-0.1, -0.05) is 45.7 Å². The summed E-state index contributed by atoms with van der Waals surface area (Å²) >= 11 is 8.98. The second kappa shape index (κ2) is 7.09. The number of halogens is 3. The van der Waals surface area contributed by atoms with E-state index in [1.165, 1.54) is 0 Å². The van der Waals surface area contributed by atoms with E-state index in [-0.39, 0.29) is 11.9 Å². The third-order valence-electron chi connectivity index (χ3n) is 2.46. The van der Waals surface area contributed by atoms with E-state index in [9.17, 15) is 4.79 Å². The van der Waals surface area contributed by atoms with Crippen molar-refractivity contribution in [2.45, 2.75) is 19.9 Å². The molecule has 94 valence electrons. The van der Waals surface area contributed by atoms with Gasteiger partial charge >= 0.3 is 0 Å². The van der Waals surface area contributed by atoms with Gasteiger partial charge in [-0.15, -0.1) is 0 Å². The molecule has 0 radical (unpaired) electrons. The Morgan fingerprint density at radius 1 is 1.47 bits per heavy atom. The Morgan fingerprint density at radius 3 is 2.65 bits per heavy atom. The summed E-state index contributed by atoms with van der Waals surface area (Å²) in [6, 6.07) is 5.86. The minimum absolute atomic E-state index is 0.0196. The van der Waals surface area contributed by atoms with Crippen LogP contribution in [0.3, 0.4) is 0 Å². The minimum atomic E-state index is -0.0196. The molecule has 2 nitrogen and oxygen atoms in total. The fraction of sp³-hybridized carbons (Fsp3) is 0.417. The quantitative estimate of drug-likeness (QED) is 0.514. The summed E-state index contributed by atoms with van der Waals surface area (Å²) in [6.45, 7) is 4.19. The van der Waals surface area contributed by atoms with Crippen molar-refractivity contribution in [3.05, 3.63) is 31.8 Å². The Kier molecular flexibility index (Phi) is 6.44. The molecule has 0 spiro atoms. The van der Waals surface area contributed by atoms with Gasteiger partial charge in [-0.2, -0.15) is 0 Å². The Balaban J connectivity index is 2.86. The van der Waals surface area contributed by atoms with Crippen molar-refractivity contribution in [2.75, 3.05) is 5.33 Å². The molecular formula is C12H14Br2INO. The van der Waals surface area contributed by atoms with E-state index in [0.29, 0.717) is 11.5 Å². The molecule has 0 aromatic heterocycles. The fourth-order valence-corrected chi connectivity index (χ4v) is 3.15. The summed E-state index contributed by atoms with van der Waals surface area (Å²) in [5, 5.41) is 3.80. The maximum absolute atomic E-state index is 12.1. The third kappa shape index (κ3) is 4.52. The van der Waals surface area contributed by atoms with Crippen LogP contribution in [0, 0.1) is 9.49 Å². The molecule has 1 unspecified atom stereocenters. The van der Waals surface area contributed by atoms with Crippen molar-refractivity contribution in [1.82, 2.24) is 5.32 Å². The first-order valence-electron chi connectivity index (χ1n) is 5.27. The average molecular weight is 475 g/mol. The van der Waals surface area contributed by atoms with Gasteiger partial charge in [0.2, 0.25) is 0 Å². The zero-order valence-electron chi connectivity index (χ0n) is 9.64. The van der Waals surface area contributed by atoms with E-state index < -0.39 is 0 Å². The second-order valence-corrected chi connectivity index (χ2v) is 6.83. The molecule has 0 aliphatic rings. The summed E-state index contributed by atoms with van der Waals surface area (Å²) in [5.74, 6) is 0.386. The largest absolute Gasteiger partial charge is 0.348 e. The van der Waals surface area contributed by atoms with Crippen LogP contribution in [0.15, 0.2) is 22.7 Å². The van der Waals surface area contributed by atoms with Crippen LogP contribution in [0.1, 0.15) is 24.2 Å². The lowest BCUT2D eigenvalue weighted by atomic mass is 10.1. The molecule has 1 N–H and O–H groups in total. The van der Waals surface area contributed by atoms with E-state index >= 15 is 0 Å². The number of rotatable bonds is 4. The average Bonchev–Trinajstić information content (AvgIpc) is 2.28. The van der Waals surface area contributed by atoms with Crippen LogP contribution in [0.4, 0.5) is 0 Å². The molecule has 1 atom stereocenters. The van der Waals surface area contributed by atoms with E-state index in [1.54, 1.807) is 0 Å². The Morgan fingerprint density at radius 2 is 2.12 bits per heavy atom. The summed E-state index contributed by atoms with van der Waals surface area (Å²) in [7, 11) is 0. The summed E-state index contributed by atoms with van der Waals surface area (Å²) in [5.41, 5.74) is 0.714. The lowest BCUT2D eigenvalue weighted by molar-refractivity contribution is 0.0931. The number of carbonyl (C=O) groups is 1. The number of hydrogen-bond acceptors (Lipinski definition) is 1. The summed E-state index contributed by atoms with van der Waals surface area (Å²) < 4.78 is 1.88. The lowest BCUT2D eigenvalue weighted by Gasteiger charge is -2.20. The van der Waals surface area contributed by atoms with E-state index in [2.05, 4.69) is 73.6 Å². The highest BCUT2D eigenvalue weighted by Gasteiger charge is 2.17. The molecule has 5 heteroatoms. The maximum Gasteiger partial charge on any atom is 0.252 e. The monoisotopic (exact) mass is 473 g/mol. The third-order valence-corrected chi connectivity index (χ3v) is 4.59. The normalized spacial score (nSPS) is 12.6. The summed E-state index contributed by atoms with van der Waals surface area (Å²) in [4.78, 5) is 12.1. The van der Waals surface area contributed by atoms with Gasteiger partial charge in [-0.3, -0.25) is 4.79 Å². The molecule has 0 saturated carbocycles. The van der Waals surface area contributed by atoms with Crippen molar-refractivity contribution in [3.8, 4) is 0 Å². The highest BCUT2D eigenvalue weighted by Crippen LogP contribution is 2.19. The molecule has 1 aromatic rings. The van der Waals surface area contributed by atoms with Crippen LogP contribution < -0.4 is 5.32 Å². The van der Waals surface area contributed by atoms with Crippen molar-refractivity contribution >= 4 is 60.4 Å². The summed E-state index contributed by atoms with van der Waals surface area (Å²) in [6.07, 6.45) is 0. The minimum Gasteiger partial charge on any atom is -0.348 e. The lowest BCUT2D eigenvalue weighted by Crippen LogP contribution is -2.40. The molecule has 0 saturated heterocycles. The highest BCUT2D eigenvalue weighted by atomic mass is 127. The molecule has 0 aliphatic carbocycles. The van der Waals surface area contributed by atoms with Crippen LogP contribution in [0.5, 0.6) is 0 Å². The highest BCUT2D eigenvalue weighted by molar-refractivity contribution is 14.1. The molecular weight excluding hydrogens is 461 g/mol. The van der Waals surface area contributed by atoms with E-state index in [0.717, 1.165) is 13.4 Å². The van der Waals surface area contributed by atoms with Gasteiger partial charge in [0.1, 0.15) is 0 Å². The SMILES string of the molecule is CC(C)C(CBr)NC(=O)c1cc(Br)ccc1I. The smallest absolute Gasteiger partial charge is 0.252 e. The van der Waals surface area contributed by atoms with Crippen LogP contribution >= 0.6 is 54.5 Å². The van der Waals surface area contributed by atoms with Crippen molar-refractivity contribution in [1.29, 1.82) is 0 Å². The molecule has 17 heavy (non-hydrogen) atoms. The number of carbonyl (C=O) groups excluding carboxylic acids is 1. The molecule has 0 aliphatic heterocycles. The first kappa shape index (κ1) is 15.4. The maximum atomic E-state index is 12.1. The van der Waals surface area contributed by atoms with Gasteiger partial charge in [0.25, 0.3) is 5.91 Å². The van der Waals surface area contributed by atoms with E-state index in [1.807, 2.05) is 18.2 Å². The Bertz CT molecular complexity index is 409. The van der Waals surface area contributed by atoms with Crippen LogP contribution in [0.25, 0.3) is 0 Å². The first-order chi connectivity index (χ1) is 7.95. The number of amides is 1. The number of benzene rings is 1. The predicted molar refractivity (Wildman–Crippen MR) is 86.7 cm³/mol. The number of hydrogen-bond donors (Lipinski definition) is 1. The number of nitrogens with one attached hydrogen (secondary N) is 1. The molecule has 0 fully saturated rings. The van der Waals surface area contributed by atoms with Crippen LogP contribution in [0.2, 0.25) is 0 Å². The zero-order valence-corrected chi connectivity index (χ0v) is 15.0. The zero-order chi connectivity index (χ0) is 13.0. The van der Waals surface area contributed by atoms with Gasteiger partial charge in [-0.05, 0) is 46.7 Å². The molecule has 1 amide bonds. The molecule has 1 aromatic carbocycles. The van der Waals surface area contributed by atoms with Crippen LogP contribution in [-0.4, -0.2) is 17.3 Å².